The smallest absolute Gasteiger partial charge is 0.320 e. The highest BCUT2D eigenvalue weighted by atomic mass is 16.5. The summed E-state index contributed by atoms with van der Waals surface area (Å²) in [6.07, 6.45) is 2.78. The maximum Gasteiger partial charge on any atom is 0.320 e. The molecular weight excluding hydrogens is 560 g/mol. The van der Waals surface area contributed by atoms with Crippen LogP contribution in [0.2, 0.25) is 0 Å². The first-order chi connectivity index (χ1) is 20.6. The highest BCUT2D eigenvalue weighted by molar-refractivity contribution is 5.73. The molecule has 0 aromatic heterocycles. The number of carbonyl (C=O) groups excluding carboxylic acids is 2. The molecule has 1 aromatic rings. The predicted octanol–water partition coefficient (Wildman–Crippen LogP) is 0.904. The minimum atomic E-state index is -0.980. The first-order valence-corrected chi connectivity index (χ1v) is 14.9. The van der Waals surface area contributed by atoms with Gasteiger partial charge in [-0.1, -0.05) is 18.6 Å². The number of ether oxygens (including phenoxy) is 3. The van der Waals surface area contributed by atoms with Crippen molar-refractivity contribution in [3.05, 3.63) is 29.8 Å². The van der Waals surface area contributed by atoms with E-state index in [2.05, 4.69) is 0 Å². The van der Waals surface area contributed by atoms with Crippen molar-refractivity contribution in [2.75, 3.05) is 92.8 Å². The van der Waals surface area contributed by atoms with E-state index in [1.54, 1.807) is 4.90 Å². The molecule has 13 heteroatoms. The van der Waals surface area contributed by atoms with Crippen molar-refractivity contribution >= 4 is 23.9 Å². The number of benzene rings is 1. The topological polar surface area (TPSA) is 149 Å². The van der Waals surface area contributed by atoms with E-state index in [-0.39, 0.29) is 19.6 Å². The summed E-state index contributed by atoms with van der Waals surface area (Å²) in [5.74, 6) is -1.90. The average molecular weight is 609 g/mol. The van der Waals surface area contributed by atoms with Crippen molar-refractivity contribution in [3.63, 3.8) is 0 Å². The molecule has 1 saturated heterocycles. The van der Waals surface area contributed by atoms with E-state index in [0.29, 0.717) is 71.8 Å². The Labute approximate surface area is 254 Å². The first kappa shape index (κ1) is 35.9. The van der Waals surface area contributed by atoms with Crippen LogP contribution in [0.1, 0.15) is 31.7 Å². The molecule has 0 radical (unpaired) electrons. The van der Waals surface area contributed by atoms with E-state index in [1.807, 2.05) is 45.9 Å². The summed E-state index contributed by atoms with van der Waals surface area (Å²) in [5.41, 5.74) is 1.16. The Hall–Kier alpha value is -3.26. The van der Waals surface area contributed by atoms with Gasteiger partial charge in [-0.15, -0.1) is 0 Å². The van der Waals surface area contributed by atoms with Gasteiger partial charge in [-0.05, 0) is 43.9 Å². The van der Waals surface area contributed by atoms with Gasteiger partial charge in [-0.2, -0.15) is 0 Å². The first-order valence-electron chi connectivity index (χ1n) is 14.9. The van der Waals surface area contributed by atoms with Crippen LogP contribution in [-0.4, -0.2) is 153 Å². The van der Waals surface area contributed by atoms with Gasteiger partial charge in [0.15, 0.2) is 0 Å². The Morgan fingerprint density at radius 2 is 1.23 bits per heavy atom. The third kappa shape index (κ3) is 14.2. The number of unbranched alkanes of at least 4 members (excludes halogenated alkanes) is 1. The van der Waals surface area contributed by atoms with E-state index in [4.69, 9.17) is 14.2 Å². The lowest BCUT2D eigenvalue weighted by molar-refractivity contribution is -0.145. The standard InChI is InChI=1S/C30H48N4O9/c1-4-43-25-11-9-24(10-12-25)7-5-6-8-26(30(39)40)34-19-17-31(21-27(35)36)13-14-32(22-28(37)41-2)15-16-33(18-20-34)23-29(38)42-3/h9-12,26H,4-8,13-23H2,1-3H3,(H,35,36)(H,39,40)/t26-/m0/s1. The van der Waals surface area contributed by atoms with Crippen molar-refractivity contribution < 1.29 is 43.6 Å². The Kier molecular flexibility index (Phi) is 16.6. The molecule has 43 heavy (non-hydrogen) atoms. The number of hydrogen-bond donors (Lipinski definition) is 2. The van der Waals surface area contributed by atoms with E-state index in [9.17, 15) is 29.4 Å². The number of carboxylic acids is 2. The zero-order valence-electron chi connectivity index (χ0n) is 25.7. The normalized spacial score (nSPS) is 17.3. The van der Waals surface area contributed by atoms with Gasteiger partial charge in [0.25, 0.3) is 0 Å². The minimum Gasteiger partial charge on any atom is -0.494 e. The number of rotatable bonds is 15. The van der Waals surface area contributed by atoms with Crippen molar-refractivity contribution in [2.45, 2.75) is 38.6 Å². The van der Waals surface area contributed by atoms with Gasteiger partial charge in [0.1, 0.15) is 11.8 Å². The summed E-state index contributed by atoms with van der Waals surface area (Å²) < 4.78 is 15.2. The summed E-state index contributed by atoms with van der Waals surface area (Å²) in [6, 6.07) is 7.16. The monoisotopic (exact) mass is 608 g/mol. The molecule has 1 atom stereocenters. The van der Waals surface area contributed by atoms with Crippen LogP contribution in [-0.2, 0) is 35.1 Å². The van der Waals surface area contributed by atoms with Crippen molar-refractivity contribution in [1.82, 2.24) is 19.6 Å². The fourth-order valence-electron chi connectivity index (χ4n) is 5.07. The molecule has 13 nitrogen and oxygen atoms in total. The van der Waals surface area contributed by atoms with Crippen LogP contribution in [0.15, 0.2) is 24.3 Å². The summed E-state index contributed by atoms with van der Waals surface area (Å²) in [4.78, 5) is 55.6. The van der Waals surface area contributed by atoms with Crippen LogP contribution in [0.25, 0.3) is 0 Å². The fourth-order valence-corrected chi connectivity index (χ4v) is 5.07. The van der Waals surface area contributed by atoms with Crippen LogP contribution in [0.5, 0.6) is 5.75 Å². The lowest BCUT2D eigenvalue weighted by atomic mass is 10.0. The number of esters is 2. The molecule has 1 aliphatic rings. The molecule has 0 aliphatic carbocycles. The highest BCUT2D eigenvalue weighted by Crippen LogP contribution is 2.16. The maximum atomic E-state index is 12.5. The van der Waals surface area contributed by atoms with Gasteiger partial charge in [-0.25, -0.2) is 0 Å². The lowest BCUT2D eigenvalue weighted by Gasteiger charge is -2.35. The van der Waals surface area contributed by atoms with Gasteiger partial charge < -0.3 is 24.4 Å². The van der Waals surface area contributed by atoms with Gasteiger partial charge in [0.2, 0.25) is 0 Å². The molecular formula is C30H48N4O9. The largest absolute Gasteiger partial charge is 0.494 e. The van der Waals surface area contributed by atoms with Gasteiger partial charge >= 0.3 is 23.9 Å². The third-order valence-corrected chi connectivity index (χ3v) is 7.54. The predicted molar refractivity (Wildman–Crippen MR) is 159 cm³/mol. The molecule has 1 heterocycles. The number of carbonyl (C=O) groups is 4. The lowest BCUT2D eigenvalue weighted by Crippen LogP contribution is -2.51. The molecule has 2 rings (SSSR count). The van der Waals surface area contributed by atoms with E-state index < -0.39 is 29.9 Å². The zero-order chi connectivity index (χ0) is 31.6. The number of aryl methyl sites for hydroxylation is 1. The summed E-state index contributed by atoms with van der Waals surface area (Å²) in [7, 11) is 2.63. The Morgan fingerprint density at radius 3 is 1.67 bits per heavy atom. The SMILES string of the molecule is CCOc1ccc(CCCC[C@@H](C(=O)O)N2CCN(CC(=O)O)CCN(CC(=O)OC)CCN(CC(=O)OC)CC2)cc1. The molecule has 1 aromatic carbocycles. The second-order valence-electron chi connectivity index (χ2n) is 10.6. The second-order valence-corrected chi connectivity index (χ2v) is 10.6. The number of methoxy groups -OCH3 is 2. The van der Waals surface area contributed by atoms with Gasteiger partial charge in [-0.3, -0.25) is 38.8 Å². The summed E-state index contributed by atoms with van der Waals surface area (Å²) >= 11 is 0. The van der Waals surface area contributed by atoms with Crippen molar-refractivity contribution in [1.29, 1.82) is 0 Å². The molecule has 0 bridgehead atoms. The number of carboxylic acid groups (broad SMARTS) is 2. The Balaban J connectivity index is 2.14. The summed E-state index contributed by atoms with van der Waals surface area (Å²) in [6.45, 7) is 5.48. The fraction of sp³-hybridized carbons (Fsp3) is 0.667. The Bertz CT molecular complexity index is 1010. The van der Waals surface area contributed by atoms with Crippen LogP contribution in [0, 0.1) is 0 Å². The number of nitrogens with zero attached hydrogens (tertiary/aromatic N) is 4. The molecule has 0 unspecified atom stereocenters. The van der Waals surface area contributed by atoms with Crippen molar-refractivity contribution in [2.24, 2.45) is 0 Å². The van der Waals surface area contributed by atoms with Crippen LogP contribution in [0.3, 0.4) is 0 Å². The summed E-state index contributed by atoms with van der Waals surface area (Å²) in [5, 5.41) is 19.7. The van der Waals surface area contributed by atoms with E-state index >= 15 is 0 Å². The van der Waals surface area contributed by atoms with Gasteiger partial charge in [0.05, 0.1) is 40.5 Å². The van der Waals surface area contributed by atoms with Crippen LogP contribution < -0.4 is 4.74 Å². The number of aliphatic carboxylic acids is 2. The van der Waals surface area contributed by atoms with Crippen LogP contribution in [0.4, 0.5) is 0 Å². The highest BCUT2D eigenvalue weighted by Gasteiger charge is 2.28. The van der Waals surface area contributed by atoms with Gasteiger partial charge in [0, 0.05) is 52.4 Å². The van der Waals surface area contributed by atoms with Crippen LogP contribution >= 0.6 is 0 Å². The molecule has 2 N–H and O–H groups in total. The number of hydrogen-bond acceptors (Lipinski definition) is 11. The van der Waals surface area contributed by atoms with E-state index in [0.717, 1.165) is 24.2 Å². The van der Waals surface area contributed by atoms with Crippen molar-refractivity contribution in [3.8, 4) is 5.75 Å². The molecule has 0 saturated carbocycles. The van der Waals surface area contributed by atoms with E-state index in [1.165, 1.54) is 14.2 Å². The Morgan fingerprint density at radius 1 is 0.744 bits per heavy atom. The maximum absolute atomic E-state index is 12.5. The molecule has 0 spiro atoms. The minimum absolute atomic E-state index is 0.0291. The zero-order valence-corrected chi connectivity index (χ0v) is 25.7. The third-order valence-electron chi connectivity index (χ3n) is 7.54. The molecule has 1 aliphatic heterocycles. The molecule has 1 fully saturated rings. The quantitative estimate of drug-likeness (QED) is 0.215. The average Bonchev–Trinajstić information content (AvgIpc) is 2.97. The molecule has 242 valence electrons. The molecule has 0 amide bonds. The second kappa shape index (κ2) is 19.8.